The maximum absolute atomic E-state index is 5.70. The van der Waals surface area contributed by atoms with Gasteiger partial charge in [0.2, 0.25) is 0 Å². The van der Waals surface area contributed by atoms with Gasteiger partial charge in [0.15, 0.2) is 11.5 Å². The Kier molecular flexibility index (Phi) is 7.56. The normalized spacial score (nSPS) is 15.7. The number of hydrogen-bond donors (Lipinski definition) is 1. The minimum absolute atomic E-state index is 0.306. The first-order chi connectivity index (χ1) is 13.2. The molecule has 1 atom stereocenters. The van der Waals surface area contributed by atoms with Crippen LogP contribution in [0.5, 0.6) is 11.5 Å². The van der Waals surface area contributed by atoms with Crippen LogP contribution in [0.15, 0.2) is 46.9 Å². The van der Waals surface area contributed by atoms with Crippen LogP contribution in [-0.4, -0.2) is 38.3 Å². The lowest BCUT2D eigenvalue weighted by atomic mass is 10.1. The van der Waals surface area contributed by atoms with E-state index in [2.05, 4.69) is 68.6 Å². The monoisotopic (exact) mass is 432 g/mol. The molecule has 4 nitrogen and oxygen atoms in total. The number of halogens is 1. The van der Waals surface area contributed by atoms with E-state index in [1.165, 1.54) is 37.1 Å². The lowest BCUT2D eigenvalue weighted by Gasteiger charge is -2.25. The van der Waals surface area contributed by atoms with Crippen molar-refractivity contribution in [1.82, 2.24) is 10.2 Å². The molecule has 5 heteroatoms. The van der Waals surface area contributed by atoms with Gasteiger partial charge in [-0.25, -0.2) is 0 Å². The molecule has 3 rings (SSSR count). The standard InChI is InChI=1S/C22H29BrN2O2/c1-3-27-22-19(23)13-17(14-21(22)26-2)15-24-20(16-25-11-7-8-12-25)18-9-5-4-6-10-18/h4-6,9-10,13-14,20,24H,3,7-8,11-12,15-16H2,1-2H3. The van der Waals surface area contributed by atoms with Gasteiger partial charge in [0.25, 0.3) is 0 Å². The van der Waals surface area contributed by atoms with Gasteiger partial charge < -0.3 is 19.7 Å². The number of nitrogens with zero attached hydrogens (tertiary/aromatic N) is 1. The number of hydrogen-bond acceptors (Lipinski definition) is 4. The first-order valence-corrected chi connectivity index (χ1v) is 10.5. The van der Waals surface area contributed by atoms with Crippen LogP contribution in [0.2, 0.25) is 0 Å². The fourth-order valence-electron chi connectivity index (χ4n) is 3.60. The second kappa shape index (κ2) is 10.1. The fourth-order valence-corrected chi connectivity index (χ4v) is 4.20. The van der Waals surface area contributed by atoms with Crippen LogP contribution < -0.4 is 14.8 Å². The van der Waals surface area contributed by atoms with Crippen LogP contribution in [0, 0.1) is 0 Å². The molecule has 0 amide bonds. The highest BCUT2D eigenvalue weighted by atomic mass is 79.9. The summed E-state index contributed by atoms with van der Waals surface area (Å²) in [7, 11) is 1.68. The minimum Gasteiger partial charge on any atom is -0.493 e. The molecular formula is C22H29BrN2O2. The van der Waals surface area contributed by atoms with E-state index in [9.17, 15) is 0 Å². The van der Waals surface area contributed by atoms with Gasteiger partial charge in [-0.15, -0.1) is 0 Å². The van der Waals surface area contributed by atoms with Gasteiger partial charge in [-0.1, -0.05) is 30.3 Å². The van der Waals surface area contributed by atoms with Gasteiger partial charge in [0.1, 0.15) is 0 Å². The zero-order chi connectivity index (χ0) is 19.1. The highest BCUT2D eigenvalue weighted by molar-refractivity contribution is 9.10. The summed E-state index contributed by atoms with van der Waals surface area (Å²) in [6, 6.07) is 15.2. The van der Waals surface area contributed by atoms with Gasteiger partial charge in [-0.3, -0.25) is 0 Å². The van der Waals surface area contributed by atoms with Crippen molar-refractivity contribution in [3.63, 3.8) is 0 Å². The molecule has 2 aromatic carbocycles. The van der Waals surface area contributed by atoms with Crippen LogP contribution in [-0.2, 0) is 6.54 Å². The molecule has 1 unspecified atom stereocenters. The molecule has 1 aliphatic heterocycles. The average molecular weight is 433 g/mol. The molecule has 146 valence electrons. The van der Waals surface area contributed by atoms with Gasteiger partial charge in [-0.05, 0) is 72.0 Å². The van der Waals surface area contributed by atoms with Gasteiger partial charge >= 0.3 is 0 Å². The van der Waals surface area contributed by atoms with Crippen LogP contribution >= 0.6 is 15.9 Å². The smallest absolute Gasteiger partial charge is 0.175 e. The first-order valence-electron chi connectivity index (χ1n) is 9.71. The van der Waals surface area contributed by atoms with Crippen LogP contribution in [0.3, 0.4) is 0 Å². The van der Waals surface area contributed by atoms with Crippen molar-refractivity contribution in [3.05, 3.63) is 58.1 Å². The van der Waals surface area contributed by atoms with Gasteiger partial charge in [0.05, 0.1) is 18.2 Å². The topological polar surface area (TPSA) is 33.7 Å². The summed E-state index contributed by atoms with van der Waals surface area (Å²) >= 11 is 3.62. The number of likely N-dealkylation sites (tertiary alicyclic amines) is 1. The van der Waals surface area contributed by atoms with Crippen molar-refractivity contribution in [3.8, 4) is 11.5 Å². The fraction of sp³-hybridized carbons (Fsp3) is 0.455. The molecule has 0 aromatic heterocycles. The molecule has 1 saturated heterocycles. The summed E-state index contributed by atoms with van der Waals surface area (Å²) in [4.78, 5) is 2.55. The highest BCUT2D eigenvalue weighted by Crippen LogP contribution is 2.36. The number of benzene rings is 2. The number of methoxy groups -OCH3 is 1. The Balaban J connectivity index is 1.73. The van der Waals surface area contributed by atoms with Crippen LogP contribution in [0.4, 0.5) is 0 Å². The lowest BCUT2D eigenvalue weighted by molar-refractivity contribution is 0.291. The number of ether oxygens (including phenoxy) is 2. The maximum Gasteiger partial charge on any atom is 0.175 e. The Bertz CT molecular complexity index is 718. The Morgan fingerprint density at radius 1 is 1.15 bits per heavy atom. The van der Waals surface area contributed by atoms with Crippen molar-refractivity contribution in [1.29, 1.82) is 0 Å². The van der Waals surface area contributed by atoms with Crippen molar-refractivity contribution >= 4 is 15.9 Å². The van der Waals surface area contributed by atoms with E-state index in [1.807, 2.05) is 6.92 Å². The number of rotatable bonds is 9. The molecular weight excluding hydrogens is 404 g/mol. The van der Waals surface area contributed by atoms with Crippen molar-refractivity contribution in [2.45, 2.75) is 32.4 Å². The predicted molar refractivity (Wildman–Crippen MR) is 114 cm³/mol. The molecule has 1 aliphatic rings. The predicted octanol–water partition coefficient (Wildman–Crippen LogP) is 4.78. The Morgan fingerprint density at radius 2 is 1.89 bits per heavy atom. The quantitative estimate of drug-likeness (QED) is 0.617. The SMILES string of the molecule is CCOc1c(Br)cc(CNC(CN2CCCC2)c2ccccc2)cc1OC. The van der Waals surface area contributed by atoms with Crippen LogP contribution in [0.1, 0.15) is 36.9 Å². The summed E-state index contributed by atoms with van der Waals surface area (Å²) in [5, 5.41) is 3.75. The summed E-state index contributed by atoms with van der Waals surface area (Å²) in [5.74, 6) is 1.53. The molecule has 1 fully saturated rings. The molecule has 1 heterocycles. The molecule has 2 aromatic rings. The third-order valence-electron chi connectivity index (χ3n) is 4.97. The lowest BCUT2D eigenvalue weighted by Crippen LogP contribution is -2.33. The van der Waals surface area contributed by atoms with E-state index in [0.29, 0.717) is 12.6 Å². The third-order valence-corrected chi connectivity index (χ3v) is 5.56. The first kappa shape index (κ1) is 20.2. The van der Waals surface area contributed by atoms with E-state index < -0.39 is 0 Å². The summed E-state index contributed by atoms with van der Waals surface area (Å²) in [6.07, 6.45) is 2.62. The zero-order valence-electron chi connectivity index (χ0n) is 16.2. The molecule has 1 N–H and O–H groups in total. The Labute approximate surface area is 171 Å². The summed E-state index contributed by atoms with van der Waals surface area (Å²) in [5.41, 5.74) is 2.51. The van der Waals surface area contributed by atoms with E-state index in [1.54, 1.807) is 7.11 Å². The molecule has 0 radical (unpaired) electrons. The highest BCUT2D eigenvalue weighted by Gasteiger charge is 2.19. The summed E-state index contributed by atoms with van der Waals surface area (Å²) < 4.78 is 12.2. The van der Waals surface area contributed by atoms with E-state index in [4.69, 9.17) is 9.47 Å². The van der Waals surface area contributed by atoms with E-state index in [0.717, 1.165) is 29.1 Å². The third kappa shape index (κ3) is 5.47. The van der Waals surface area contributed by atoms with Crippen molar-refractivity contribution < 1.29 is 9.47 Å². The second-order valence-electron chi connectivity index (χ2n) is 6.89. The molecule has 27 heavy (non-hydrogen) atoms. The van der Waals surface area contributed by atoms with Gasteiger partial charge in [0, 0.05) is 19.1 Å². The van der Waals surface area contributed by atoms with Crippen molar-refractivity contribution in [2.24, 2.45) is 0 Å². The zero-order valence-corrected chi connectivity index (χ0v) is 17.8. The Morgan fingerprint density at radius 3 is 2.56 bits per heavy atom. The molecule has 0 spiro atoms. The average Bonchev–Trinajstić information content (AvgIpc) is 3.20. The maximum atomic E-state index is 5.70. The van der Waals surface area contributed by atoms with Gasteiger partial charge in [-0.2, -0.15) is 0 Å². The second-order valence-corrected chi connectivity index (χ2v) is 7.75. The number of nitrogens with one attached hydrogen (secondary N) is 1. The molecule has 0 bridgehead atoms. The van der Waals surface area contributed by atoms with Crippen LogP contribution in [0.25, 0.3) is 0 Å². The molecule has 0 aliphatic carbocycles. The minimum atomic E-state index is 0.306. The van der Waals surface area contributed by atoms with E-state index >= 15 is 0 Å². The largest absolute Gasteiger partial charge is 0.493 e. The van der Waals surface area contributed by atoms with Crippen molar-refractivity contribution in [2.75, 3.05) is 33.4 Å². The summed E-state index contributed by atoms with van der Waals surface area (Å²) in [6.45, 7) is 6.80. The molecule has 0 saturated carbocycles. The van der Waals surface area contributed by atoms with E-state index in [-0.39, 0.29) is 0 Å². The Hall–Kier alpha value is -1.56.